The highest BCUT2D eigenvalue weighted by Gasteiger charge is 2.45. The van der Waals surface area contributed by atoms with Crippen LogP contribution in [0.5, 0.6) is 5.75 Å². The molecule has 2 aliphatic heterocycles. The van der Waals surface area contributed by atoms with Crippen molar-refractivity contribution in [1.82, 2.24) is 5.32 Å². The number of phenols is 1. The Hall–Kier alpha value is -1.63. The number of hydrazone groups is 1. The quantitative estimate of drug-likeness (QED) is 0.432. The van der Waals surface area contributed by atoms with Crippen LogP contribution in [0.15, 0.2) is 22.2 Å². The van der Waals surface area contributed by atoms with Gasteiger partial charge in [-0.2, -0.15) is 5.10 Å². The molecule has 0 bridgehead atoms. The first-order valence-electron chi connectivity index (χ1n) is 8.11. The minimum absolute atomic E-state index is 0.0546. The number of piperidine rings is 1. The molecule has 1 spiro atoms. The zero-order valence-electron chi connectivity index (χ0n) is 13.9. The summed E-state index contributed by atoms with van der Waals surface area (Å²) < 4.78 is 6.28. The molecule has 3 rings (SSSR count). The zero-order valence-corrected chi connectivity index (χ0v) is 14.7. The third-order valence-corrected chi connectivity index (χ3v) is 5.14. The number of aliphatic imine (C=N–C) groups is 1. The van der Waals surface area contributed by atoms with E-state index in [1.54, 1.807) is 19.3 Å². The van der Waals surface area contributed by atoms with Gasteiger partial charge in [-0.25, -0.2) is 0 Å². The highest BCUT2D eigenvalue weighted by molar-refractivity contribution is 6.33. The Balaban J connectivity index is 2.03. The van der Waals surface area contributed by atoms with Gasteiger partial charge in [0.2, 0.25) is 0 Å². The van der Waals surface area contributed by atoms with E-state index in [0.29, 0.717) is 23.8 Å². The van der Waals surface area contributed by atoms with E-state index in [1.165, 1.54) is 0 Å². The smallest absolute Gasteiger partial charge is 0.134 e. The van der Waals surface area contributed by atoms with Crippen LogP contribution < -0.4 is 11.2 Å². The van der Waals surface area contributed by atoms with Crippen LogP contribution in [0.4, 0.5) is 0 Å². The van der Waals surface area contributed by atoms with Gasteiger partial charge >= 0.3 is 0 Å². The molecule has 130 valence electrons. The van der Waals surface area contributed by atoms with Crippen molar-refractivity contribution in [3.05, 3.63) is 28.3 Å². The number of fused-ring (bicyclic) bond motifs is 2. The summed E-state index contributed by atoms with van der Waals surface area (Å²) in [4.78, 5) is 4.04. The number of halogens is 1. The maximum Gasteiger partial charge on any atom is 0.134 e. The molecule has 1 saturated heterocycles. The third kappa shape index (κ3) is 3.01. The Morgan fingerprint density at radius 3 is 3.00 bits per heavy atom. The zero-order chi connectivity index (χ0) is 17.3. The van der Waals surface area contributed by atoms with E-state index in [2.05, 4.69) is 22.3 Å². The summed E-state index contributed by atoms with van der Waals surface area (Å²) in [7, 11) is 1.70. The van der Waals surface area contributed by atoms with Crippen LogP contribution in [0.3, 0.4) is 0 Å². The van der Waals surface area contributed by atoms with Crippen LogP contribution in [-0.2, 0) is 16.8 Å². The fourth-order valence-corrected chi connectivity index (χ4v) is 4.08. The molecule has 0 aliphatic carbocycles. The number of nitrogens with two attached hydrogens (primary N) is 1. The lowest BCUT2D eigenvalue weighted by molar-refractivity contribution is -0.0923. The molecule has 24 heavy (non-hydrogen) atoms. The van der Waals surface area contributed by atoms with E-state index in [4.69, 9.17) is 22.2 Å². The molecule has 0 radical (unpaired) electrons. The normalized spacial score (nSPS) is 30.7. The second-order valence-electron chi connectivity index (χ2n) is 6.52. The van der Waals surface area contributed by atoms with Crippen molar-refractivity contribution in [2.24, 2.45) is 15.9 Å². The van der Waals surface area contributed by atoms with Gasteiger partial charge in [0, 0.05) is 25.7 Å². The Bertz CT molecular complexity index is 691. The van der Waals surface area contributed by atoms with Crippen molar-refractivity contribution in [3.8, 4) is 5.75 Å². The molecule has 1 fully saturated rings. The maximum atomic E-state index is 9.92. The molecule has 6 nitrogen and oxygen atoms in total. The number of phenolic OH excluding ortho intramolecular Hbond substituents is 1. The first kappa shape index (κ1) is 17.2. The average molecular weight is 351 g/mol. The monoisotopic (exact) mass is 350 g/mol. The van der Waals surface area contributed by atoms with Gasteiger partial charge < -0.3 is 21.0 Å². The van der Waals surface area contributed by atoms with Crippen LogP contribution >= 0.6 is 11.6 Å². The molecule has 0 saturated carbocycles. The van der Waals surface area contributed by atoms with E-state index in [1.807, 2.05) is 6.07 Å². The van der Waals surface area contributed by atoms with Crippen LogP contribution in [0.2, 0.25) is 5.02 Å². The van der Waals surface area contributed by atoms with Crippen molar-refractivity contribution >= 4 is 23.5 Å². The summed E-state index contributed by atoms with van der Waals surface area (Å²) in [6.45, 7) is 2.73. The fraction of sp³-hybridized carbons (Fsp3) is 0.529. The molecule has 2 heterocycles. The van der Waals surface area contributed by atoms with Crippen molar-refractivity contribution in [2.75, 3.05) is 13.7 Å². The van der Waals surface area contributed by atoms with Crippen LogP contribution in [0, 0.1) is 0 Å². The van der Waals surface area contributed by atoms with Crippen molar-refractivity contribution in [1.29, 1.82) is 0 Å². The number of nitrogens with zero attached hydrogens (tertiary/aromatic N) is 2. The molecule has 2 aliphatic rings. The molecule has 1 aromatic carbocycles. The second-order valence-corrected chi connectivity index (χ2v) is 6.93. The molecule has 3 atom stereocenters. The second kappa shape index (κ2) is 6.70. The molecular weight excluding hydrogens is 328 g/mol. The Morgan fingerprint density at radius 1 is 1.50 bits per heavy atom. The Morgan fingerprint density at radius 2 is 2.29 bits per heavy atom. The lowest BCUT2D eigenvalue weighted by Crippen LogP contribution is -2.56. The third-order valence-electron chi connectivity index (χ3n) is 4.84. The molecule has 0 unspecified atom stereocenters. The van der Waals surface area contributed by atoms with E-state index in [0.717, 1.165) is 24.0 Å². The molecule has 0 aromatic heterocycles. The number of benzene rings is 1. The summed E-state index contributed by atoms with van der Waals surface area (Å²) >= 11 is 6.17. The van der Waals surface area contributed by atoms with Crippen molar-refractivity contribution in [3.63, 3.8) is 0 Å². The average Bonchev–Trinajstić information content (AvgIpc) is 2.54. The molecule has 7 heteroatoms. The topological polar surface area (TPSA) is 92.2 Å². The molecular formula is C17H23ClN4O2. The van der Waals surface area contributed by atoms with E-state index >= 15 is 0 Å². The summed E-state index contributed by atoms with van der Waals surface area (Å²) in [6, 6.07) is 3.76. The van der Waals surface area contributed by atoms with Gasteiger partial charge in [-0.3, -0.25) is 4.99 Å². The molecule has 0 amide bonds. The van der Waals surface area contributed by atoms with E-state index < -0.39 is 5.60 Å². The number of aromatic hydroxyl groups is 1. The van der Waals surface area contributed by atoms with Crippen LogP contribution in [0.1, 0.15) is 30.9 Å². The first-order chi connectivity index (χ1) is 11.5. The lowest BCUT2D eigenvalue weighted by Gasteiger charge is -2.47. The van der Waals surface area contributed by atoms with Gasteiger partial charge in [0.05, 0.1) is 29.0 Å². The number of ether oxygens (including phenoxy) is 1. The minimum Gasteiger partial charge on any atom is -0.506 e. The molecule has 1 aromatic rings. The number of rotatable bonds is 2. The highest BCUT2D eigenvalue weighted by atomic mass is 35.5. The SMILES string of the molecule is CN=C/C(=N\N)[C@@H]1C[C@]2(C[C@H](C)N1)OCCc1cc(O)c(Cl)cc12. The highest BCUT2D eigenvalue weighted by Crippen LogP contribution is 2.45. The fourth-order valence-electron chi connectivity index (χ4n) is 3.91. The van der Waals surface area contributed by atoms with E-state index in [-0.39, 0.29) is 17.8 Å². The first-order valence-corrected chi connectivity index (χ1v) is 8.48. The van der Waals surface area contributed by atoms with E-state index in [9.17, 15) is 5.11 Å². The van der Waals surface area contributed by atoms with Gasteiger partial charge in [-0.05, 0) is 43.0 Å². The lowest BCUT2D eigenvalue weighted by atomic mass is 9.74. The van der Waals surface area contributed by atoms with Gasteiger partial charge in [0.15, 0.2) is 0 Å². The maximum absolute atomic E-state index is 9.92. The Labute approximate surface area is 146 Å². The largest absolute Gasteiger partial charge is 0.506 e. The number of hydrogen-bond acceptors (Lipinski definition) is 6. The minimum atomic E-state index is -0.461. The van der Waals surface area contributed by atoms with Gasteiger partial charge in [-0.15, -0.1) is 0 Å². The van der Waals surface area contributed by atoms with Crippen LogP contribution in [0.25, 0.3) is 0 Å². The summed E-state index contributed by atoms with van der Waals surface area (Å²) in [5.74, 6) is 5.67. The summed E-state index contributed by atoms with van der Waals surface area (Å²) in [5.41, 5.74) is 2.38. The van der Waals surface area contributed by atoms with Gasteiger partial charge in [0.25, 0.3) is 0 Å². The van der Waals surface area contributed by atoms with Gasteiger partial charge in [0.1, 0.15) is 5.75 Å². The van der Waals surface area contributed by atoms with Crippen molar-refractivity contribution in [2.45, 2.75) is 43.9 Å². The standard InChI is InChI=1S/C17H23ClN4O2/c1-10-7-17(8-14(21-10)15(22-19)9-20-2)12-6-13(18)16(23)5-11(12)3-4-24-17/h5-6,9-10,14,21,23H,3-4,7-8,19H2,1-2H3/b20-9?,22-15+/t10-,14-,17-/m0/s1. The van der Waals surface area contributed by atoms with Crippen molar-refractivity contribution < 1.29 is 9.84 Å². The molecule has 4 N–H and O–H groups in total. The predicted octanol–water partition coefficient (Wildman–Crippen LogP) is 1.97. The Kier molecular flexibility index (Phi) is 4.80. The summed E-state index contributed by atoms with van der Waals surface area (Å²) in [6.07, 6.45) is 3.95. The van der Waals surface area contributed by atoms with Gasteiger partial charge in [-0.1, -0.05) is 11.6 Å². The predicted molar refractivity (Wildman–Crippen MR) is 96.1 cm³/mol. The number of hydrogen-bond donors (Lipinski definition) is 3. The summed E-state index contributed by atoms with van der Waals surface area (Å²) in [5, 5.41) is 17.7. The van der Waals surface area contributed by atoms with Crippen LogP contribution in [-0.4, -0.2) is 42.8 Å². The number of nitrogens with one attached hydrogen (secondary N) is 1.